The molecule has 0 aromatic carbocycles. The third-order valence-corrected chi connectivity index (χ3v) is 4.65. The Balaban J connectivity index is 2.25. The van der Waals surface area contributed by atoms with Crippen LogP contribution in [0.15, 0.2) is 0 Å². The van der Waals surface area contributed by atoms with Crippen LogP contribution in [0.25, 0.3) is 0 Å². The Hall–Kier alpha value is -0.0900. The van der Waals surface area contributed by atoms with Crippen molar-refractivity contribution in [1.29, 1.82) is 0 Å². The average Bonchev–Trinajstić information content (AvgIpc) is 2.23. The van der Waals surface area contributed by atoms with E-state index in [2.05, 4.69) is 6.92 Å². The minimum atomic E-state index is -2.95. The van der Waals surface area contributed by atoms with Crippen molar-refractivity contribution in [3.05, 3.63) is 0 Å². The van der Waals surface area contributed by atoms with Crippen molar-refractivity contribution < 1.29 is 8.42 Å². The van der Waals surface area contributed by atoms with E-state index >= 15 is 0 Å². The summed E-state index contributed by atoms with van der Waals surface area (Å²) < 4.78 is 24.7. The van der Waals surface area contributed by atoms with Crippen LogP contribution in [0.1, 0.15) is 32.6 Å². The predicted octanol–water partition coefficient (Wildman–Crippen LogP) is 1.21. The number of hydrogen-bond donors (Lipinski definition) is 0. The molecule has 2 heterocycles. The molecule has 0 aromatic heterocycles. The Kier molecular flexibility index (Phi) is 2.15. The maximum Gasteiger partial charge on any atom is 0.211 e. The van der Waals surface area contributed by atoms with Gasteiger partial charge in [0.05, 0.1) is 6.26 Å². The molecule has 0 saturated carbocycles. The summed E-state index contributed by atoms with van der Waals surface area (Å²) >= 11 is 0. The summed E-state index contributed by atoms with van der Waals surface area (Å²) in [4.78, 5) is 0. The van der Waals surface area contributed by atoms with Crippen LogP contribution in [0.5, 0.6) is 0 Å². The van der Waals surface area contributed by atoms with E-state index in [4.69, 9.17) is 0 Å². The SMILES string of the molecule is CC1C[C@H]2CC[C@@H](C1)N2S(C)(=O)=O. The minimum absolute atomic E-state index is 0.309. The van der Waals surface area contributed by atoms with Gasteiger partial charge < -0.3 is 0 Å². The van der Waals surface area contributed by atoms with E-state index in [0.717, 1.165) is 25.7 Å². The van der Waals surface area contributed by atoms with Gasteiger partial charge in [-0.25, -0.2) is 8.42 Å². The number of piperidine rings is 1. The van der Waals surface area contributed by atoms with Crippen molar-refractivity contribution in [3.63, 3.8) is 0 Å². The molecule has 76 valence electrons. The lowest BCUT2D eigenvalue weighted by Crippen LogP contribution is -2.45. The summed E-state index contributed by atoms with van der Waals surface area (Å²) in [6.45, 7) is 2.23. The van der Waals surface area contributed by atoms with Crippen LogP contribution in [-0.2, 0) is 10.0 Å². The lowest BCUT2D eigenvalue weighted by Gasteiger charge is -2.35. The van der Waals surface area contributed by atoms with E-state index in [-0.39, 0.29) is 0 Å². The smallest absolute Gasteiger partial charge is 0.211 e. The first-order valence-electron chi connectivity index (χ1n) is 4.97. The second-order valence-electron chi connectivity index (χ2n) is 4.55. The standard InChI is InChI=1S/C9H17NO2S/c1-7-5-8-3-4-9(6-7)10(8)13(2,11)12/h7-9H,3-6H2,1-2H3/t7?,8-,9+. The monoisotopic (exact) mass is 203 g/mol. The molecule has 1 unspecified atom stereocenters. The maximum absolute atomic E-state index is 11.5. The van der Waals surface area contributed by atoms with Crippen molar-refractivity contribution in [2.75, 3.05) is 6.26 Å². The average molecular weight is 203 g/mol. The molecule has 0 aliphatic carbocycles. The van der Waals surface area contributed by atoms with Crippen LogP contribution < -0.4 is 0 Å². The molecule has 13 heavy (non-hydrogen) atoms. The fourth-order valence-electron chi connectivity index (χ4n) is 2.95. The number of nitrogens with zero attached hydrogens (tertiary/aromatic N) is 1. The topological polar surface area (TPSA) is 37.4 Å². The second-order valence-corrected chi connectivity index (χ2v) is 6.44. The van der Waals surface area contributed by atoms with Crippen molar-refractivity contribution in [3.8, 4) is 0 Å². The normalized spacial score (nSPS) is 40.9. The zero-order chi connectivity index (χ0) is 9.64. The van der Waals surface area contributed by atoms with E-state index < -0.39 is 10.0 Å². The number of fused-ring (bicyclic) bond motifs is 2. The predicted molar refractivity (Wildman–Crippen MR) is 51.9 cm³/mol. The Morgan fingerprint density at radius 1 is 1.15 bits per heavy atom. The molecule has 2 aliphatic heterocycles. The summed E-state index contributed by atoms with van der Waals surface area (Å²) in [5.41, 5.74) is 0. The molecule has 0 aromatic rings. The molecule has 2 rings (SSSR count). The van der Waals surface area contributed by atoms with Gasteiger partial charge in [0.25, 0.3) is 0 Å². The van der Waals surface area contributed by atoms with Crippen LogP contribution >= 0.6 is 0 Å². The van der Waals surface area contributed by atoms with Gasteiger partial charge in [-0.1, -0.05) is 6.92 Å². The summed E-state index contributed by atoms with van der Waals surface area (Å²) in [5, 5.41) is 0. The molecule has 2 bridgehead atoms. The summed E-state index contributed by atoms with van der Waals surface area (Å²) in [6, 6.07) is 0.618. The van der Waals surface area contributed by atoms with E-state index in [0.29, 0.717) is 18.0 Å². The van der Waals surface area contributed by atoms with Crippen LogP contribution in [0.2, 0.25) is 0 Å². The van der Waals surface area contributed by atoms with Crippen molar-refractivity contribution in [2.24, 2.45) is 5.92 Å². The first-order chi connectivity index (χ1) is 5.98. The van der Waals surface area contributed by atoms with Gasteiger partial charge in [0, 0.05) is 12.1 Å². The molecule has 0 N–H and O–H groups in total. The first kappa shape index (κ1) is 9.46. The van der Waals surface area contributed by atoms with Crippen molar-refractivity contribution in [1.82, 2.24) is 4.31 Å². The van der Waals surface area contributed by atoms with Crippen LogP contribution in [0.4, 0.5) is 0 Å². The van der Waals surface area contributed by atoms with Gasteiger partial charge in [0.15, 0.2) is 0 Å². The molecular formula is C9H17NO2S. The zero-order valence-corrected chi connectivity index (χ0v) is 9.05. The third-order valence-electron chi connectivity index (χ3n) is 3.28. The van der Waals surface area contributed by atoms with Gasteiger partial charge in [-0.15, -0.1) is 0 Å². The first-order valence-corrected chi connectivity index (χ1v) is 6.82. The largest absolute Gasteiger partial charge is 0.212 e. The van der Waals surface area contributed by atoms with E-state index in [1.54, 1.807) is 4.31 Å². The Morgan fingerprint density at radius 2 is 1.62 bits per heavy atom. The highest BCUT2D eigenvalue weighted by molar-refractivity contribution is 7.88. The van der Waals surface area contributed by atoms with E-state index in [9.17, 15) is 8.42 Å². The molecule has 4 heteroatoms. The maximum atomic E-state index is 11.5. The van der Waals surface area contributed by atoms with Gasteiger partial charge in [-0.3, -0.25) is 0 Å². The highest BCUT2D eigenvalue weighted by Crippen LogP contribution is 2.39. The summed E-state index contributed by atoms with van der Waals surface area (Å²) in [7, 11) is -2.95. The second kappa shape index (κ2) is 2.95. The molecule has 2 aliphatic rings. The van der Waals surface area contributed by atoms with Crippen LogP contribution in [0, 0.1) is 5.92 Å². The van der Waals surface area contributed by atoms with Crippen molar-refractivity contribution in [2.45, 2.75) is 44.7 Å². The molecule has 2 saturated heterocycles. The van der Waals surface area contributed by atoms with E-state index in [1.165, 1.54) is 6.26 Å². The molecule has 2 fully saturated rings. The number of sulfonamides is 1. The molecule has 0 spiro atoms. The highest BCUT2D eigenvalue weighted by Gasteiger charge is 2.43. The van der Waals surface area contributed by atoms with Gasteiger partial charge in [-0.05, 0) is 31.6 Å². The fraction of sp³-hybridized carbons (Fsp3) is 1.00. The van der Waals surface area contributed by atoms with E-state index in [1.807, 2.05) is 0 Å². The van der Waals surface area contributed by atoms with Crippen LogP contribution in [-0.4, -0.2) is 31.1 Å². The summed E-state index contributed by atoms with van der Waals surface area (Å²) in [6.07, 6.45) is 5.60. The van der Waals surface area contributed by atoms with Crippen molar-refractivity contribution >= 4 is 10.0 Å². The van der Waals surface area contributed by atoms with Crippen LogP contribution in [0.3, 0.4) is 0 Å². The Labute approximate surface area is 80.2 Å². The summed E-state index contributed by atoms with van der Waals surface area (Å²) in [5.74, 6) is 0.704. The number of rotatable bonds is 1. The molecule has 3 atom stereocenters. The third kappa shape index (κ3) is 1.62. The van der Waals surface area contributed by atoms with Gasteiger partial charge >= 0.3 is 0 Å². The van der Waals surface area contributed by atoms with Gasteiger partial charge in [0.2, 0.25) is 10.0 Å². The Morgan fingerprint density at radius 3 is 2.00 bits per heavy atom. The van der Waals surface area contributed by atoms with Gasteiger partial charge in [0.1, 0.15) is 0 Å². The molecular weight excluding hydrogens is 186 g/mol. The molecule has 3 nitrogen and oxygen atoms in total. The fourth-order valence-corrected chi connectivity index (χ4v) is 4.41. The highest BCUT2D eigenvalue weighted by atomic mass is 32.2. The lowest BCUT2D eigenvalue weighted by atomic mass is 9.94. The Bertz CT molecular complexity index is 285. The molecule has 0 radical (unpaired) electrons. The minimum Gasteiger partial charge on any atom is -0.212 e. The lowest BCUT2D eigenvalue weighted by molar-refractivity contribution is 0.202. The number of hydrogen-bond acceptors (Lipinski definition) is 2. The molecule has 0 amide bonds. The van der Waals surface area contributed by atoms with Gasteiger partial charge in [-0.2, -0.15) is 4.31 Å². The quantitative estimate of drug-likeness (QED) is 0.642. The zero-order valence-electron chi connectivity index (χ0n) is 8.23.